The summed E-state index contributed by atoms with van der Waals surface area (Å²) in [6, 6.07) is 6.17. The largest absolute Gasteiger partial charge is 0.433 e. The van der Waals surface area contributed by atoms with Crippen LogP contribution in [0.3, 0.4) is 0 Å². The first-order valence-corrected chi connectivity index (χ1v) is 7.55. The van der Waals surface area contributed by atoms with Crippen molar-refractivity contribution in [2.45, 2.75) is 38.6 Å². The minimum absolute atomic E-state index is 0.0263. The van der Waals surface area contributed by atoms with Crippen LogP contribution in [-0.2, 0) is 4.79 Å². The van der Waals surface area contributed by atoms with Crippen LogP contribution in [0.2, 0.25) is 0 Å². The van der Waals surface area contributed by atoms with E-state index in [-0.39, 0.29) is 22.6 Å². The Balaban J connectivity index is 2.60. The molecule has 3 nitrogen and oxygen atoms in total. The predicted molar refractivity (Wildman–Crippen MR) is 78.5 cm³/mol. The second-order valence-electron chi connectivity index (χ2n) is 4.23. The summed E-state index contributed by atoms with van der Waals surface area (Å²) in [6.07, 6.45) is 2.12. The van der Waals surface area contributed by atoms with Crippen molar-refractivity contribution >= 4 is 23.4 Å². The van der Waals surface area contributed by atoms with Gasteiger partial charge in [-0.25, -0.2) is 0 Å². The van der Waals surface area contributed by atoms with Crippen molar-refractivity contribution in [1.29, 1.82) is 0 Å². The number of thioether (sulfide) groups is 1. The zero-order chi connectivity index (χ0) is 15.0. The summed E-state index contributed by atoms with van der Waals surface area (Å²) in [6.45, 7) is 0.972. The predicted octanol–water partition coefficient (Wildman–Crippen LogP) is 4.15. The van der Waals surface area contributed by atoms with Crippen molar-refractivity contribution in [3.63, 3.8) is 0 Å². The molecule has 0 saturated carbocycles. The summed E-state index contributed by atoms with van der Waals surface area (Å²) in [4.78, 5) is 12.0. The van der Waals surface area contributed by atoms with Gasteiger partial charge in [-0.15, -0.1) is 11.8 Å². The summed E-state index contributed by atoms with van der Waals surface area (Å²) < 4.78 is 28.9. The number of para-hydroxylation sites is 2. The number of nitrogens with one attached hydrogen (secondary N) is 1. The summed E-state index contributed by atoms with van der Waals surface area (Å²) in [5.74, 6) is 0.665. The third-order valence-corrected chi connectivity index (χ3v) is 3.83. The zero-order valence-corrected chi connectivity index (χ0v) is 12.4. The van der Waals surface area contributed by atoms with E-state index < -0.39 is 6.61 Å². The van der Waals surface area contributed by atoms with Gasteiger partial charge in [0.2, 0.25) is 5.91 Å². The summed E-state index contributed by atoms with van der Waals surface area (Å²) >= 11 is 1.55. The lowest BCUT2D eigenvalue weighted by molar-refractivity contribution is -0.115. The minimum atomic E-state index is -2.91. The first-order valence-electron chi connectivity index (χ1n) is 6.51. The molecule has 1 aromatic rings. The molecule has 0 heterocycles. The van der Waals surface area contributed by atoms with Gasteiger partial charge in [-0.3, -0.25) is 4.79 Å². The number of carbonyl (C=O) groups is 1. The maximum Gasteiger partial charge on any atom is 0.387 e. The van der Waals surface area contributed by atoms with E-state index in [0.29, 0.717) is 0 Å². The van der Waals surface area contributed by atoms with Crippen LogP contribution in [0.1, 0.15) is 26.7 Å². The molecule has 0 spiro atoms. The van der Waals surface area contributed by atoms with Gasteiger partial charge in [0, 0.05) is 0 Å². The van der Waals surface area contributed by atoms with E-state index >= 15 is 0 Å². The highest BCUT2D eigenvalue weighted by atomic mass is 32.2. The van der Waals surface area contributed by atoms with Gasteiger partial charge in [0.1, 0.15) is 5.75 Å². The monoisotopic (exact) mass is 303 g/mol. The van der Waals surface area contributed by atoms with Crippen molar-refractivity contribution in [2.75, 3.05) is 11.1 Å². The second-order valence-corrected chi connectivity index (χ2v) is 5.68. The van der Waals surface area contributed by atoms with E-state index in [9.17, 15) is 13.6 Å². The number of rotatable bonds is 8. The lowest BCUT2D eigenvalue weighted by Gasteiger charge is -2.14. The molecule has 1 N–H and O–H groups in total. The summed E-state index contributed by atoms with van der Waals surface area (Å²) in [5.41, 5.74) is 0.265. The number of amides is 1. The molecule has 1 rings (SSSR count). The topological polar surface area (TPSA) is 38.3 Å². The van der Waals surface area contributed by atoms with Gasteiger partial charge in [-0.1, -0.05) is 25.5 Å². The number of hydrogen-bond donors (Lipinski definition) is 1. The Kier molecular flexibility index (Phi) is 7.36. The number of anilines is 1. The fourth-order valence-electron chi connectivity index (χ4n) is 1.48. The lowest BCUT2D eigenvalue weighted by atomic mass is 10.3. The Hall–Kier alpha value is -1.30. The Labute approximate surface area is 122 Å². The van der Waals surface area contributed by atoms with Gasteiger partial charge < -0.3 is 10.1 Å². The number of alkyl halides is 2. The highest BCUT2D eigenvalue weighted by molar-refractivity contribution is 8.00. The van der Waals surface area contributed by atoms with E-state index in [2.05, 4.69) is 17.0 Å². The normalized spacial score (nSPS) is 12.2. The Morgan fingerprint density at radius 1 is 1.40 bits per heavy atom. The van der Waals surface area contributed by atoms with E-state index in [1.54, 1.807) is 36.9 Å². The molecule has 0 aliphatic rings. The third-order valence-electron chi connectivity index (χ3n) is 2.60. The maximum atomic E-state index is 12.3. The van der Waals surface area contributed by atoms with Crippen LogP contribution in [0, 0.1) is 0 Å². The average molecular weight is 303 g/mol. The van der Waals surface area contributed by atoms with Gasteiger partial charge in [0.15, 0.2) is 0 Å². The van der Waals surface area contributed by atoms with Crippen molar-refractivity contribution in [1.82, 2.24) is 0 Å². The van der Waals surface area contributed by atoms with Crippen molar-refractivity contribution in [2.24, 2.45) is 0 Å². The van der Waals surface area contributed by atoms with Crippen LogP contribution in [-0.4, -0.2) is 23.5 Å². The van der Waals surface area contributed by atoms with Crippen LogP contribution in [0.15, 0.2) is 24.3 Å². The van der Waals surface area contributed by atoms with E-state index in [0.717, 1.165) is 18.6 Å². The van der Waals surface area contributed by atoms with Crippen LogP contribution in [0.4, 0.5) is 14.5 Å². The first-order chi connectivity index (χ1) is 9.54. The molecule has 1 amide bonds. The number of carbonyl (C=O) groups excluding carboxylic acids is 1. The van der Waals surface area contributed by atoms with Gasteiger partial charge in [-0.2, -0.15) is 8.78 Å². The fraction of sp³-hybridized carbons (Fsp3) is 0.500. The van der Waals surface area contributed by atoms with Crippen LogP contribution >= 0.6 is 11.8 Å². The Bertz CT molecular complexity index is 429. The Morgan fingerprint density at radius 2 is 2.10 bits per heavy atom. The van der Waals surface area contributed by atoms with Crippen molar-refractivity contribution in [3.8, 4) is 5.75 Å². The van der Waals surface area contributed by atoms with Gasteiger partial charge in [-0.05, 0) is 31.2 Å². The second kappa shape index (κ2) is 8.79. The van der Waals surface area contributed by atoms with Gasteiger partial charge >= 0.3 is 6.61 Å². The molecule has 112 valence electrons. The summed E-state index contributed by atoms with van der Waals surface area (Å²) in [5, 5.41) is 2.39. The average Bonchev–Trinajstić information content (AvgIpc) is 2.40. The van der Waals surface area contributed by atoms with Gasteiger partial charge in [0.25, 0.3) is 0 Å². The zero-order valence-electron chi connectivity index (χ0n) is 11.6. The number of unbranched alkanes of at least 4 members (excludes halogenated alkanes) is 1. The molecule has 1 atom stereocenters. The molecule has 0 fully saturated rings. The molecule has 0 aliphatic heterocycles. The lowest BCUT2D eigenvalue weighted by Crippen LogP contribution is -2.23. The number of benzene rings is 1. The van der Waals surface area contributed by atoms with E-state index in [4.69, 9.17) is 0 Å². The fourth-order valence-corrected chi connectivity index (χ4v) is 2.50. The molecule has 0 saturated heterocycles. The molecular weight excluding hydrogens is 284 g/mol. The molecular formula is C14H19F2NO2S. The quantitative estimate of drug-likeness (QED) is 0.733. The van der Waals surface area contributed by atoms with Gasteiger partial charge in [0.05, 0.1) is 10.9 Å². The Morgan fingerprint density at radius 3 is 2.75 bits per heavy atom. The third kappa shape index (κ3) is 5.77. The molecule has 1 aromatic carbocycles. The SMILES string of the molecule is CCCCSC(C)C(=O)Nc1ccccc1OC(F)F. The number of ether oxygens (including phenoxy) is 1. The minimum Gasteiger partial charge on any atom is -0.433 e. The van der Waals surface area contributed by atoms with Crippen LogP contribution in [0.25, 0.3) is 0 Å². The smallest absolute Gasteiger partial charge is 0.387 e. The van der Waals surface area contributed by atoms with E-state index in [1.165, 1.54) is 6.07 Å². The molecule has 1 unspecified atom stereocenters. The molecule has 6 heteroatoms. The van der Waals surface area contributed by atoms with Crippen molar-refractivity contribution < 1.29 is 18.3 Å². The number of hydrogen-bond acceptors (Lipinski definition) is 3. The molecule has 0 radical (unpaired) electrons. The van der Waals surface area contributed by atoms with E-state index in [1.807, 2.05) is 0 Å². The maximum absolute atomic E-state index is 12.3. The highest BCUT2D eigenvalue weighted by Crippen LogP contribution is 2.26. The standard InChI is InChI=1S/C14H19F2NO2S/c1-3-4-9-20-10(2)13(18)17-11-7-5-6-8-12(11)19-14(15)16/h5-8,10,14H,3-4,9H2,1-2H3,(H,17,18). The molecule has 20 heavy (non-hydrogen) atoms. The van der Waals surface area contributed by atoms with Crippen LogP contribution in [0.5, 0.6) is 5.75 Å². The highest BCUT2D eigenvalue weighted by Gasteiger charge is 2.16. The molecule has 0 aliphatic carbocycles. The summed E-state index contributed by atoms with van der Waals surface area (Å²) in [7, 11) is 0. The molecule has 0 bridgehead atoms. The first kappa shape index (κ1) is 16.8. The van der Waals surface area contributed by atoms with Crippen LogP contribution < -0.4 is 10.1 Å². The molecule has 0 aromatic heterocycles. The number of halogens is 2. The van der Waals surface area contributed by atoms with Crippen molar-refractivity contribution in [3.05, 3.63) is 24.3 Å².